The molecule has 30 heavy (non-hydrogen) atoms. The van der Waals surface area contributed by atoms with Crippen molar-refractivity contribution in [3.05, 3.63) is 35.4 Å². The van der Waals surface area contributed by atoms with E-state index in [4.69, 9.17) is 14.2 Å². The molecule has 1 atom stereocenters. The van der Waals surface area contributed by atoms with Crippen molar-refractivity contribution in [1.29, 1.82) is 0 Å². The lowest BCUT2D eigenvalue weighted by Gasteiger charge is -2.18. The molecule has 0 saturated carbocycles. The van der Waals surface area contributed by atoms with E-state index in [1.54, 1.807) is 24.3 Å². The van der Waals surface area contributed by atoms with E-state index in [1.807, 2.05) is 20.8 Å². The maximum absolute atomic E-state index is 12.4. The third kappa shape index (κ3) is 10.3. The van der Waals surface area contributed by atoms with E-state index in [1.165, 1.54) is 0 Å². The van der Waals surface area contributed by atoms with Crippen LogP contribution in [-0.4, -0.2) is 43.9 Å². The summed E-state index contributed by atoms with van der Waals surface area (Å²) in [7, 11) is 0. The summed E-state index contributed by atoms with van der Waals surface area (Å²) >= 11 is 0. The number of hydrogen-bond acceptors (Lipinski definition) is 6. The summed E-state index contributed by atoms with van der Waals surface area (Å²) in [6, 6.07) is 5.93. The van der Waals surface area contributed by atoms with Gasteiger partial charge in [-0.2, -0.15) is 0 Å². The number of unbranched alkanes of at least 4 members (excludes halogenated alkanes) is 3. The Hall–Kier alpha value is -2.57. The van der Waals surface area contributed by atoms with Crippen molar-refractivity contribution in [2.24, 2.45) is 0 Å². The molecular formula is C23H35NO6. The van der Waals surface area contributed by atoms with Gasteiger partial charge in [-0.05, 0) is 37.0 Å². The van der Waals surface area contributed by atoms with Crippen molar-refractivity contribution in [1.82, 2.24) is 5.32 Å². The molecule has 0 heterocycles. The molecule has 1 rings (SSSR count). The number of carbonyl (C=O) groups is 3. The highest BCUT2D eigenvalue weighted by Crippen LogP contribution is 2.10. The summed E-state index contributed by atoms with van der Waals surface area (Å²) in [5, 5.41) is 2.60. The zero-order valence-corrected chi connectivity index (χ0v) is 18.4. The van der Waals surface area contributed by atoms with Crippen LogP contribution in [0.4, 0.5) is 4.79 Å². The molecule has 0 saturated heterocycles. The van der Waals surface area contributed by atoms with E-state index in [0.717, 1.165) is 44.1 Å². The van der Waals surface area contributed by atoms with Gasteiger partial charge >= 0.3 is 18.0 Å². The molecule has 1 aromatic carbocycles. The highest BCUT2D eigenvalue weighted by Gasteiger charge is 2.23. The molecule has 0 aliphatic heterocycles. The van der Waals surface area contributed by atoms with Crippen molar-refractivity contribution in [3.8, 4) is 0 Å². The van der Waals surface area contributed by atoms with Crippen molar-refractivity contribution in [2.45, 2.75) is 71.8 Å². The standard InChI is InChI=1S/C23H35NO6/c1-4-7-14-28-21(25)19-12-10-18(11-13-19)17-20(22(26)29-15-8-5-2)24-23(27)30-16-9-6-3/h10-13,20H,4-9,14-17H2,1-3H3,(H,24,27)/t20-/m0/s1. The van der Waals surface area contributed by atoms with Gasteiger partial charge in [0.2, 0.25) is 0 Å². The minimum absolute atomic E-state index is 0.235. The third-order valence-electron chi connectivity index (χ3n) is 4.41. The van der Waals surface area contributed by atoms with Crippen molar-refractivity contribution < 1.29 is 28.6 Å². The van der Waals surface area contributed by atoms with Gasteiger partial charge in [-0.3, -0.25) is 0 Å². The number of benzene rings is 1. The predicted molar refractivity (Wildman–Crippen MR) is 114 cm³/mol. The summed E-state index contributed by atoms with van der Waals surface area (Å²) in [5.74, 6) is -0.873. The molecule has 7 nitrogen and oxygen atoms in total. The molecule has 168 valence electrons. The molecule has 0 aliphatic carbocycles. The van der Waals surface area contributed by atoms with Crippen LogP contribution in [-0.2, 0) is 25.4 Å². The molecule has 1 aromatic rings. The Balaban J connectivity index is 2.72. The molecule has 0 radical (unpaired) electrons. The first-order chi connectivity index (χ1) is 14.5. The van der Waals surface area contributed by atoms with E-state index < -0.39 is 18.1 Å². The van der Waals surface area contributed by atoms with Gasteiger partial charge in [-0.25, -0.2) is 14.4 Å². The van der Waals surface area contributed by atoms with Gasteiger partial charge in [0.05, 0.1) is 25.4 Å². The molecule has 0 aromatic heterocycles. The number of alkyl carbamates (subject to hydrolysis) is 1. The maximum atomic E-state index is 12.4. The van der Waals surface area contributed by atoms with Crippen molar-refractivity contribution in [3.63, 3.8) is 0 Å². The topological polar surface area (TPSA) is 90.9 Å². The van der Waals surface area contributed by atoms with Crippen LogP contribution in [0.25, 0.3) is 0 Å². The number of carbonyl (C=O) groups excluding carboxylic acids is 3. The van der Waals surface area contributed by atoms with E-state index in [2.05, 4.69) is 5.32 Å². The van der Waals surface area contributed by atoms with E-state index >= 15 is 0 Å². The second-order valence-corrected chi connectivity index (χ2v) is 7.10. The van der Waals surface area contributed by atoms with Gasteiger partial charge < -0.3 is 19.5 Å². The van der Waals surface area contributed by atoms with Crippen LogP contribution < -0.4 is 5.32 Å². The van der Waals surface area contributed by atoms with E-state index in [0.29, 0.717) is 25.4 Å². The molecule has 0 spiro atoms. The van der Waals surface area contributed by atoms with Crippen LogP contribution in [0.5, 0.6) is 0 Å². The SMILES string of the molecule is CCCCOC(=O)N[C@@H](Cc1ccc(C(=O)OCCCC)cc1)C(=O)OCCCC. The lowest BCUT2D eigenvalue weighted by Crippen LogP contribution is -2.43. The average molecular weight is 422 g/mol. The number of hydrogen-bond donors (Lipinski definition) is 1. The summed E-state index contributed by atoms with van der Waals surface area (Å²) in [5.41, 5.74) is 1.23. The Morgan fingerprint density at radius 1 is 0.800 bits per heavy atom. The normalized spacial score (nSPS) is 11.4. The molecule has 0 fully saturated rings. The smallest absolute Gasteiger partial charge is 0.407 e. The Morgan fingerprint density at radius 2 is 1.33 bits per heavy atom. The van der Waals surface area contributed by atoms with Crippen LogP contribution in [0.2, 0.25) is 0 Å². The second-order valence-electron chi connectivity index (χ2n) is 7.10. The lowest BCUT2D eigenvalue weighted by atomic mass is 10.0. The number of esters is 2. The Kier molecular flexibility index (Phi) is 13.0. The second kappa shape index (κ2) is 15.3. The fraction of sp³-hybridized carbons (Fsp3) is 0.609. The van der Waals surface area contributed by atoms with Gasteiger partial charge in [0, 0.05) is 6.42 Å². The van der Waals surface area contributed by atoms with Crippen LogP contribution in [0.3, 0.4) is 0 Å². The summed E-state index contributed by atoms with van der Waals surface area (Å²) in [4.78, 5) is 36.5. The Morgan fingerprint density at radius 3 is 1.90 bits per heavy atom. The molecule has 1 N–H and O–H groups in total. The molecular weight excluding hydrogens is 386 g/mol. The molecule has 1 amide bonds. The quantitative estimate of drug-likeness (QED) is 0.272. The van der Waals surface area contributed by atoms with Gasteiger partial charge in [0.15, 0.2) is 0 Å². The summed E-state index contributed by atoms with van der Waals surface area (Å²) < 4.78 is 15.6. The minimum atomic E-state index is -0.863. The zero-order chi connectivity index (χ0) is 22.2. The van der Waals surface area contributed by atoms with Gasteiger partial charge in [-0.15, -0.1) is 0 Å². The van der Waals surface area contributed by atoms with Crippen molar-refractivity contribution in [2.75, 3.05) is 19.8 Å². The van der Waals surface area contributed by atoms with Crippen LogP contribution >= 0.6 is 0 Å². The Labute approximate surface area is 179 Å². The highest BCUT2D eigenvalue weighted by molar-refractivity contribution is 5.89. The minimum Gasteiger partial charge on any atom is -0.464 e. The van der Waals surface area contributed by atoms with E-state index in [-0.39, 0.29) is 12.4 Å². The maximum Gasteiger partial charge on any atom is 0.407 e. The number of ether oxygens (including phenoxy) is 3. The summed E-state index contributed by atoms with van der Waals surface area (Å²) in [6.45, 7) is 7.03. The monoisotopic (exact) mass is 421 g/mol. The third-order valence-corrected chi connectivity index (χ3v) is 4.41. The largest absolute Gasteiger partial charge is 0.464 e. The fourth-order valence-corrected chi connectivity index (χ4v) is 2.51. The first-order valence-electron chi connectivity index (χ1n) is 10.9. The van der Waals surface area contributed by atoms with Crippen LogP contribution in [0, 0.1) is 0 Å². The summed E-state index contributed by atoms with van der Waals surface area (Å²) in [6.07, 6.45) is 4.70. The molecule has 0 unspecified atom stereocenters. The van der Waals surface area contributed by atoms with E-state index in [9.17, 15) is 14.4 Å². The van der Waals surface area contributed by atoms with Gasteiger partial charge in [-0.1, -0.05) is 52.2 Å². The van der Waals surface area contributed by atoms with Crippen LogP contribution in [0.15, 0.2) is 24.3 Å². The number of nitrogens with one attached hydrogen (secondary N) is 1. The molecule has 0 aliphatic rings. The lowest BCUT2D eigenvalue weighted by molar-refractivity contribution is -0.146. The number of amides is 1. The average Bonchev–Trinajstić information content (AvgIpc) is 2.74. The first-order valence-corrected chi connectivity index (χ1v) is 10.9. The molecule has 7 heteroatoms. The molecule has 0 bridgehead atoms. The first kappa shape index (κ1) is 25.5. The van der Waals surface area contributed by atoms with Gasteiger partial charge in [0.25, 0.3) is 0 Å². The van der Waals surface area contributed by atoms with Crippen LogP contribution in [0.1, 0.15) is 75.2 Å². The predicted octanol–water partition coefficient (Wildman–Crippen LogP) is 4.42. The zero-order valence-electron chi connectivity index (χ0n) is 18.4. The fourth-order valence-electron chi connectivity index (χ4n) is 2.51. The number of rotatable bonds is 14. The highest BCUT2D eigenvalue weighted by atomic mass is 16.6. The van der Waals surface area contributed by atoms with Gasteiger partial charge in [0.1, 0.15) is 6.04 Å². The Bertz CT molecular complexity index is 644. The van der Waals surface area contributed by atoms with Crippen molar-refractivity contribution >= 4 is 18.0 Å².